The third kappa shape index (κ3) is 3.19. The predicted octanol–water partition coefficient (Wildman–Crippen LogP) is 3.01. The van der Waals surface area contributed by atoms with Gasteiger partial charge in [0, 0.05) is 18.8 Å². The van der Waals surface area contributed by atoms with Crippen LogP contribution in [0.5, 0.6) is 0 Å². The summed E-state index contributed by atoms with van der Waals surface area (Å²) in [5.41, 5.74) is -0.0537. The Hall–Kier alpha value is -1.72. The molecule has 1 aromatic rings. The number of benzene rings is 1. The zero-order valence-corrected chi connectivity index (χ0v) is 10.2. The van der Waals surface area contributed by atoms with E-state index in [2.05, 4.69) is 0 Å². The number of rotatable bonds is 2. The van der Waals surface area contributed by atoms with Gasteiger partial charge in [0.05, 0.1) is 11.5 Å². The van der Waals surface area contributed by atoms with Crippen molar-refractivity contribution < 1.29 is 23.1 Å². The molecule has 2 rings (SSSR count). The lowest BCUT2D eigenvalue weighted by Crippen LogP contribution is -2.38. The first-order chi connectivity index (χ1) is 8.88. The third-order valence-electron chi connectivity index (χ3n) is 3.33. The number of piperidine rings is 1. The first-order valence-electron chi connectivity index (χ1n) is 6.03. The minimum atomic E-state index is -4.34. The van der Waals surface area contributed by atoms with Crippen LogP contribution in [0.1, 0.15) is 18.4 Å². The van der Waals surface area contributed by atoms with E-state index >= 15 is 0 Å². The fourth-order valence-corrected chi connectivity index (χ4v) is 2.27. The summed E-state index contributed by atoms with van der Waals surface area (Å²) < 4.78 is 37.3. The molecule has 1 unspecified atom stereocenters. The van der Waals surface area contributed by atoms with E-state index in [0.29, 0.717) is 25.2 Å². The Labute approximate surface area is 108 Å². The standard InChI is InChI=1S/C13H14F3NO2/c14-13(15,16)10-3-5-11(6-4-10)17-7-1-2-9(8-17)12(18)19/h3-6,9H,1-2,7-8H2,(H,18,19). The van der Waals surface area contributed by atoms with E-state index in [1.807, 2.05) is 4.90 Å². The molecule has 0 amide bonds. The molecule has 0 bridgehead atoms. The molecule has 1 aromatic carbocycles. The molecule has 19 heavy (non-hydrogen) atoms. The van der Waals surface area contributed by atoms with E-state index in [1.54, 1.807) is 0 Å². The van der Waals surface area contributed by atoms with E-state index in [4.69, 9.17) is 5.11 Å². The second kappa shape index (κ2) is 5.11. The summed E-state index contributed by atoms with van der Waals surface area (Å²) in [5, 5.41) is 8.98. The number of hydrogen-bond donors (Lipinski definition) is 1. The van der Waals surface area contributed by atoms with Gasteiger partial charge in [-0.05, 0) is 37.1 Å². The molecule has 6 heteroatoms. The number of anilines is 1. The van der Waals surface area contributed by atoms with Crippen LogP contribution in [0.3, 0.4) is 0 Å². The molecule has 1 atom stereocenters. The van der Waals surface area contributed by atoms with Crippen LogP contribution < -0.4 is 4.90 Å². The van der Waals surface area contributed by atoms with Gasteiger partial charge in [-0.3, -0.25) is 4.79 Å². The molecule has 1 aliphatic heterocycles. The van der Waals surface area contributed by atoms with Crippen molar-refractivity contribution in [2.75, 3.05) is 18.0 Å². The van der Waals surface area contributed by atoms with Crippen LogP contribution in [0, 0.1) is 5.92 Å². The second-order valence-electron chi connectivity index (χ2n) is 4.67. The summed E-state index contributed by atoms with van der Waals surface area (Å²) in [5.74, 6) is -1.30. The van der Waals surface area contributed by atoms with Gasteiger partial charge in [-0.2, -0.15) is 13.2 Å². The molecule has 0 spiro atoms. The summed E-state index contributed by atoms with van der Waals surface area (Å²) in [6.07, 6.45) is -2.99. The maximum absolute atomic E-state index is 12.4. The van der Waals surface area contributed by atoms with Crippen molar-refractivity contribution in [1.82, 2.24) is 0 Å². The fourth-order valence-electron chi connectivity index (χ4n) is 2.27. The molecule has 0 saturated carbocycles. The number of carboxylic acids is 1. The highest BCUT2D eigenvalue weighted by atomic mass is 19.4. The van der Waals surface area contributed by atoms with Gasteiger partial charge in [-0.25, -0.2) is 0 Å². The molecular formula is C13H14F3NO2. The predicted molar refractivity (Wildman–Crippen MR) is 64.0 cm³/mol. The molecule has 1 N–H and O–H groups in total. The quantitative estimate of drug-likeness (QED) is 0.900. The van der Waals surface area contributed by atoms with Crippen molar-refractivity contribution in [1.29, 1.82) is 0 Å². The molecule has 3 nitrogen and oxygen atoms in total. The molecular weight excluding hydrogens is 259 g/mol. The molecule has 1 saturated heterocycles. The summed E-state index contributed by atoms with van der Waals surface area (Å²) in [6.45, 7) is 1.02. The van der Waals surface area contributed by atoms with Crippen molar-refractivity contribution in [3.63, 3.8) is 0 Å². The summed E-state index contributed by atoms with van der Waals surface area (Å²) in [4.78, 5) is 12.8. The van der Waals surface area contributed by atoms with Crippen LogP contribution in [0.4, 0.5) is 18.9 Å². The Morgan fingerprint density at radius 3 is 2.42 bits per heavy atom. The second-order valence-corrected chi connectivity index (χ2v) is 4.67. The van der Waals surface area contributed by atoms with E-state index in [-0.39, 0.29) is 0 Å². The van der Waals surface area contributed by atoms with Gasteiger partial charge in [0.25, 0.3) is 0 Å². The maximum Gasteiger partial charge on any atom is 0.416 e. The number of nitrogens with zero attached hydrogens (tertiary/aromatic N) is 1. The molecule has 1 heterocycles. The summed E-state index contributed by atoms with van der Waals surface area (Å²) in [6, 6.07) is 4.85. The topological polar surface area (TPSA) is 40.5 Å². The molecule has 0 aromatic heterocycles. The maximum atomic E-state index is 12.4. The average molecular weight is 273 g/mol. The summed E-state index contributed by atoms with van der Waals surface area (Å²) in [7, 11) is 0. The first kappa shape index (κ1) is 13.7. The van der Waals surface area contributed by atoms with Crippen LogP contribution in [0.2, 0.25) is 0 Å². The van der Waals surface area contributed by atoms with Gasteiger partial charge in [-0.15, -0.1) is 0 Å². The van der Waals surface area contributed by atoms with E-state index in [0.717, 1.165) is 18.6 Å². The van der Waals surface area contributed by atoms with Crippen molar-refractivity contribution >= 4 is 11.7 Å². The number of alkyl halides is 3. The lowest BCUT2D eigenvalue weighted by Gasteiger charge is -2.32. The van der Waals surface area contributed by atoms with Crippen LogP contribution in [-0.2, 0) is 11.0 Å². The third-order valence-corrected chi connectivity index (χ3v) is 3.33. The molecule has 1 fully saturated rings. The van der Waals surface area contributed by atoms with E-state index in [9.17, 15) is 18.0 Å². The lowest BCUT2D eigenvalue weighted by atomic mass is 9.97. The van der Waals surface area contributed by atoms with Crippen LogP contribution in [-0.4, -0.2) is 24.2 Å². The zero-order chi connectivity index (χ0) is 14.0. The number of carboxylic acid groups (broad SMARTS) is 1. The highest BCUT2D eigenvalue weighted by Crippen LogP contribution is 2.31. The monoisotopic (exact) mass is 273 g/mol. The fraction of sp³-hybridized carbons (Fsp3) is 0.462. The van der Waals surface area contributed by atoms with E-state index in [1.165, 1.54) is 12.1 Å². The Morgan fingerprint density at radius 1 is 1.26 bits per heavy atom. The van der Waals surface area contributed by atoms with Crippen molar-refractivity contribution in [3.8, 4) is 0 Å². The van der Waals surface area contributed by atoms with Gasteiger partial charge in [-0.1, -0.05) is 0 Å². The highest BCUT2D eigenvalue weighted by Gasteiger charge is 2.31. The minimum absolute atomic E-state index is 0.348. The molecule has 0 radical (unpaired) electrons. The van der Waals surface area contributed by atoms with E-state index < -0.39 is 23.6 Å². The summed E-state index contributed by atoms with van der Waals surface area (Å²) >= 11 is 0. The molecule has 1 aliphatic rings. The Morgan fingerprint density at radius 2 is 1.89 bits per heavy atom. The SMILES string of the molecule is O=C(O)C1CCCN(c2ccc(C(F)(F)F)cc2)C1. The van der Waals surface area contributed by atoms with Gasteiger partial charge in [0.15, 0.2) is 0 Å². The molecule has 104 valence electrons. The van der Waals surface area contributed by atoms with Crippen molar-refractivity contribution in [2.45, 2.75) is 19.0 Å². The van der Waals surface area contributed by atoms with Gasteiger partial charge >= 0.3 is 12.1 Å². The van der Waals surface area contributed by atoms with Crippen LogP contribution in [0.25, 0.3) is 0 Å². The average Bonchev–Trinajstić information content (AvgIpc) is 2.38. The van der Waals surface area contributed by atoms with Crippen molar-refractivity contribution in [2.24, 2.45) is 5.92 Å². The van der Waals surface area contributed by atoms with Crippen molar-refractivity contribution in [3.05, 3.63) is 29.8 Å². The molecule has 0 aliphatic carbocycles. The number of halogens is 3. The number of carbonyl (C=O) groups is 1. The van der Waals surface area contributed by atoms with Crippen LogP contribution >= 0.6 is 0 Å². The Kier molecular flexibility index (Phi) is 3.68. The normalized spacial score (nSPS) is 20.4. The number of hydrogen-bond acceptors (Lipinski definition) is 2. The largest absolute Gasteiger partial charge is 0.481 e. The smallest absolute Gasteiger partial charge is 0.416 e. The van der Waals surface area contributed by atoms with Gasteiger partial charge in [0.2, 0.25) is 0 Å². The Bertz CT molecular complexity index is 456. The van der Waals surface area contributed by atoms with Gasteiger partial charge < -0.3 is 10.0 Å². The van der Waals surface area contributed by atoms with Crippen LogP contribution in [0.15, 0.2) is 24.3 Å². The zero-order valence-electron chi connectivity index (χ0n) is 10.2. The Balaban J connectivity index is 2.12. The lowest BCUT2D eigenvalue weighted by molar-refractivity contribution is -0.142. The number of aliphatic carboxylic acids is 1. The minimum Gasteiger partial charge on any atom is -0.481 e. The van der Waals surface area contributed by atoms with Gasteiger partial charge in [0.1, 0.15) is 0 Å². The highest BCUT2D eigenvalue weighted by molar-refractivity contribution is 5.71. The first-order valence-corrected chi connectivity index (χ1v) is 6.03.